The van der Waals surface area contributed by atoms with E-state index in [0.717, 1.165) is 37.6 Å². The summed E-state index contributed by atoms with van der Waals surface area (Å²) in [5, 5.41) is 6.66. The summed E-state index contributed by atoms with van der Waals surface area (Å²) in [5.41, 5.74) is 2.43. The van der Waals surface area contributed by atoms with E-state index < -0.39 is 0 Å². The third-order valence-electron chi connectivity index (χ3n) is 3.35. The first-order chi connectivity index (χ1) is 9.36. The lowest BCUT2D eigenvalue weighted by atomic mass is 9.97. The van der Waals surface area contributed by atoms with Crippen LogP contribution in [-0.4, -0.2) is 18.1 Å². The van der Waals surface area contributed by atoms with Gasteiger partial charge in [-0.15, -0.1) is 11.3 Å². The normalized spacial score (nSPS) is 17.8. The molecule has 100 valence electrons. The fourth-order valence-corrected chi connectivity index (χ4v) is 3.24. The van der Waals surface area contributed by atoms with E-state index in [1.807, 2.05) is 12.1 Å². The van der Waals surface area contributed by atoms with Crippen LogP contribution in [0.25, 0.3) is 0 Å². The van der Waals surface area contributed by atoms with Crippen molar-refractivity contribution in [3.63, 3.8) is 0 Å². The number of aromatic nitrogens is 1. The van der Waals surface area contributed by atoms with Crippen molar-refractivity contribution < 1.29 is 4.74 Å². The van der Waals surface area contributed by atoms with E-state index in [2.05, 4.69) is 29.8 Å². The van der Waals surface area contributed by atoms with Crippen LogP contribution in [0.5, 0.6) is 5.75 Å². The predicted octanol–water partition coefficient (Wildman–Crippen LogP) is 2.97. The van der Waals surface area contributed by atoms with Crippen LogP contribution in [0.2, 0.25) is 0 Å². The van der Waals surface area contributed by atoms with Crippen molar-refractivity contribution in [2.24, 2.45) is 0 Å². The zero-order valence-electron chi connectivity index (χ0n) is 11.1. The van der Waals surface area contributed by atoms with Crippen molar-refractivity contribution >= 4 is 11.3 Å². The van der Waals surface area contributed by atoms with Crippen LogP contribution in [0, 0.1) is 0 Å². The van der Waals surface area contributed by atoms with Gasteiger partial charge in [0.1, 0.15) is 5.75 Å². The minimum Gasteiger partial charge on any atom is -0.493 e. The SMILES string of the molecule is CCNCc1csc(C2COc3ccccc3C2)n1. The fourth-order valence-electron chi connectivity index (χ4n) is 2.33. The number of para-hydroxylation sites is 1. The molecule has 0 radical (unpaired) electrons. The Morgan fingerprint density at radius 1 is 1.42 bits per heavy atom. The maximum absolute atomic E-state index is 5.83. The number of benzene rings is 1. The number of hydrogen-bond acceptors (Lipinski definition) is 4. The van der Waals surface area contributed by atoms with Gasteiger partial charge in [-0.3, -0.25) is 0 Å². The van der Waals surface area contributed by atoms with E-state index in [0.29, 0.717) is 5.92 Å². The highest BCUT2D eigenvalue weighted by Gasteiger charge is 2.23. The fraction of sp³-hybridized carbons (Fsp3) is 0.400. The van der Waals surface area contributed by atoms with Crippen molar-refractivity contribution in [2.45, 2.75) is 25.8 Å². The lowest BCUT2D eigenvalue weighted by Crippen LogP contribution is -2.19. The van der Waals surface area contributed by atoms with E-state index in [1.54, 1.807) is 11.3 Å². The summed E-state index contributed by atoms with van der Waals surface area (Å²) in [6.07, 6.45) is 1.03. The molecule has 1 aromatic carbocycles. The number of thiazole rings is 1. The molecule has 0 spiro atoms. The summed E-state index contributed by atoms with van der Waals surface area (Å²) < 4.78 is 5.83. The number of hydrogen-bond donors (Lipinski definition) is 1. The van der Waals surface area contributed by atoms with Gasteiger partial charge in [0.25, 0.3) is 0 Å². The summed E-state index contributed by atoms with van der Waals surface area (Å²) in [6, 6.07) is 8.29. The molecule has 0 fully saturated rings. The topological polar surface area (TPSA) is 34.1 Å². The Hall–Kier alpha value is -1.39. The van der Waals surface area contributed by atoms with Gasteiger partial charge in [-0.1, -0.05) is 25.1 Å². The minimum atomic E-state index is 0.398. The third-order valence-corrected chi connectivity index (χ3v) is 4.41. The van der Waals surface area contributed by atoms with Gasteiger partial charge in [-0.05, 0) is 24.6 Å². The lowest BCUT2D eigenvalue weighted by molar-refractivity contribution is 0.262. The summed E-state index contributed by atoms with van der Waals surface area (Å²) in [6.45, 7) is 4.69. The van der Waals surface area contributed by atoms with E-state index in [4.69, 9.17) is 9.72 Å². The molecule has 3 rings (SSSR count). The Balaban J connectivity index is 1.72. The predicted molar refractivity (Wildman–Crippen MR) is 77.9 cm³/mol. The number of nitrogens with one attached hydrogen (secondary N) is 1. The summed E-state index contributed by atoms with van der Waals surface area (Å²) in [7, 11) is 0. The van der Waals surface area contributed by atoms with Crippen molar-refractivity contribution in [1.29, 1.82) is 0 Å². The van der Waals surface area contributed by atoms with Crippen LogP contribution in [0.4, 0.5) is 0 Å². The number of rotatable bonds is 4. The molecular formula is C15H18N2OS. The molecule has 0 saturated carbocycles. The minimum absolute atomic E-state index is 0.398. The van der Waals surface area contributed by atoms with Gasteiger partial charge in [0.2, 0.25) is 0 Å². The molecule has 19 heavy (non-hydrogen) atoms. The highest BCUT2D eigenvalue weighted by molar-refractivity contribution is 7.09. The average Bonchev–Trinajstić information content (AvgIpc) is 2.93. The molecule has 2 heterocycles. The number of ether oxygens (including phenoxy) is 1. The quantitative estimate of drug-likeness (QED) is 0.930. The average molecular weight is 274 g/mol. The molecule has 1 N–H and O–H groups in total. The van der Waals surface area contributed by atoms with Crippen LogP contribution in [0.15, 0.2) is 29.6 Å². The highest BCUT2D eigenvalue weighted by Crippen LogP contribution is 2.33. The van der Waals surface area contributed by atoms with Crippen LogP contribution < -0.4 is 10.1 Å². The first-order valence-electron chi connectivity index (χ1n) is 6.72. The Kier molecular flexibility index (Phi) is 3.80. The second-order valence-corrected chi connectivity index (χ2v) is 5.67. The second-order valence-electron chi connectivity index (χ2n) is 4.78. The van der Waals surface area contributed by atoms with E-state index in [9.17, 15) is 0 Å². The number of fused-ring (bicyclic) bond motifs is 1. The first-order valence-corrected chi connectivity index (χ1v) is 7.60. The zero-order chi connectivity index (χ0) is 13.1. The summed E-state index contributed by atoms with van der Waals surface area (Å²) in [5.74, 6) is 1.43. The Morgan fingerprint density at radius 2 is 2.32 bits per heavy atom. The van der Waals surface area contributed by atoms with Crippen LogP contribution in [0.1, 0.15) is 29.1 Å². The van der Waals surface area contributed by atoms with Gasteiger partial charge in [-0.2, -0.15) is 0 Å². The molecule has 2 aromatic rings. The molecule has 4 heteroatoms. The molecular weight excluding hydrogens is 256 g/mol. The molecule has 1 aromatic heterocycles. The highest BCUT2D eigenvalue weighted by atomic mass is 32.1. The third kappa shape index (κ3) is 2.80. The van der Waals surface area contributed by atoms with Crippen LogP contribution in [0.3, 0.4) is 0 Å². The smallest absolute Gasteiger partial charge is 0.122 e. The van der Waals surface area contributed by atoms with Crippen molar-refractivity contribution in [3.05, 3.63) is 45.9 Å². The van der Waals surface area contributed by atoms with E-state index >= 15 is 0 Å². The van der Waals surface area contributed by atoms with Crippen molar-refractivity contribution in [3.8, 4) is 5.75 Å². The Morgan fingerprint density at radius 3 is 3.21 bits per heavy atom. The van der Waals surface area contributed by atoms with Crippen molar-refractivity contribution in [2.75, 3.05) is 13.2 Å². The molecule has 1 atom stereocenters. The van der Waals surface area contributed by atoms with Gasteiger partial charge in [0.05, 0.1) is 17.3 Å². The second kappa shape index (κ2) is 5.72. The molecule has 0 saturated heterocycles. The monoisotopic (exact) mass is 274 g/mol. The molecule has 0 aliphatic carbocycles. The van der Waals surface area contributed by atoms with Crippen LogP contribution >= 0.6 is 11.3 Å². The van der Waals surface area contributed by atoms with Gasteiger partial charge in [-0.25, -0.2) is 4.98 Å². The van der Waals surface area contributed by atoms with Crippen molar-refractivity contribution in [1.82, 2.24) is 10.3 Å². The van der Waals surface area contributed by atoms with E-state index in [-0.39, 0.29) is 0 Å². The largest absolute Gasteiger partial charge is 0.493 e. The summed E-state index contributed by atoms with van der Waals surface area (Å²) in [4.78, 5) is 4.72. The standard InChI is InChI=1S/C15H18N2OS/c1-2-16-8-13-10-19-15(17-13)12-7-11-5-3-4-6-14(11)18-9-12/h3-6,10,12,16H,2,7-9H2,1H3. The zero-order valence-corrected chi connectivity index (χ0v) is 11.9. The molecule has 3 nitrogen and oxygen atoms in total. The molecule has 0 amide bonds. The molecule has 0 bridgehead atoms. The van der Waals surface area contributed by atoms with Gasteiger partial charge in [0, 0.05) is 17.8 Å². The lowest BCUT2D eigenvalue weighted by Gasteiger charge is -2.23. The first kappa shape index (κ1) is 12.6. The Labute approximate surface area is 117 Å². The van der Waals surface area contributed by atoms with E-state index in [1.165, 1.54) is 10.6 Å². The van der Waals surface area contributed by atoms with Gasteiger partial charge in [0.15, 0.2) is 0 Å². The van der Waals surface area contributed by atoms with Gasteiger partial charge >= 0.3 is 0 Å². The Bertz CT molecular complexity index is 553. The molecule has 1 aliphatic heterocycles. The van der Waals surface area contributed by atoms with Crippen LogP contribution in [-0.2, 0) is 13.0 Å². The summed E-state index contributed by atoms with van der Waals surface area (Å²) >= 11 is 1.75. The number of nitrogens with zero attached hydrogens (tertiary/aromatic N) is 1. The maximum atomic E-state index is 5.83. The molecule has 1 aliphatic rings. The maximum Gasteiger partial charge on any atom is 0.122 e. The molecule has 1 unspecified atom stereocenters. The van der Waals surface area contributed by atoms with Gasteiger partial charge < -0.3 is 10.1 Å².